The van der Waals surface area contributed by atoms with Gasteiger partial charge in [-0.3, -0.25) is 19.3 Å². The van der Waals surface area contributed by atoms with Gasteiger partial charge in [-0.1, -0.05) is 71.4 Å². The van der Waals surface area contributed by atoms with Crippen LogP contribution in [0, 0.1) is 6.92 Å². The molecule has 11 nitrogen and oxygen atoms in total. The van der Waals surface area contributed by atoms with Crippen LogP contribution in [0.2, 0.25) is 0 Å². The van der Waals surface area contributed by atoms with Crippen molar-refractivity contribution in [1.82, 2.24) is 19.9 Å². The maximum absolute atomic E-state index is 13.3. The number of carbonyl (C=O) groups is 3. The number of hydrogen-bond donors (Lipinski definition) is 2. The van der Waals surface area contributed by atoms with E-state index in [0.29, 0.717) is 54.8 Å². The minimum absolute atomic E-state index is 0.0777. The summed E-state index contributed by atoms with van der Waals surface area (Å²) < 4.78 is 10.9. The molecule has 1 fully saturated rings. The summed E-state index contributed by atoms with van der Waals surface area (Å²) >= 11 is 0. The lowest BCUT2D eigenvalue weighted by Crippen LogP contribution is -2.41. The average molecular weight is 646 g/mol. The third-order valence-corrected chi connectivity index (χ3v) is 8.03. The summed E-state index contributed by atoms with van der Waals surface area (Å²) in [5.41, 5.74) is 6.53. The Morgan fingerprint density at radius 1 is 0.812 bits per heavy atom. The van der Waals surface area contributed by atoms with Gasteiger partial charge in [0.1, 0.15) is 6.54 Å². The standard InChI is InChI=1S/C37H35N5O6/c1-25-2-6-27(7-3-25)28-10-12-30(13-11-28)36-39-35(40-48-36)29-8-4-26(5-9-29)22-42(24-34(44)45)37(46)31-14-16-32(17-15-31)38-33(43)23-41-18-20-47-21-19-41/h2-17H,18-24H2,1H3,(H,38,43)(H,44,45). The van der Waals surface area contributed by atoms with E-state index in [4.69, 9.17) is 9.26 Å². The van der Waals surface area contributed by atoms with Crippen molar-refractivity contribution in [2.45, 2.75) is 13.5 Å². The van der Waals surface area contributed by atoms with Crippen molar-refractivity contribution in [3.8, 4) is 34.0 Å². The van der Waals surface area contributed by atoms with Crippen molar-refractivity contribution >= 4 is 23.5 Å². The van der Waals surface area contributed by atoms with Gasteiger partial charge < -0.3 is 24.6 Å². The first-order chi connectivity index (χ1) is 23.3. The number of aliphatic carboxylic acids is 1. The van der Waals surface area contributed by atoms with Crippen LogP contribution in [0.4, 0.5) is 5.69 Å². The number of benzene rings is 4. The number of morpholine rings is 1. The van der Waals surface area contributed by atoms with Crippen LogP contribution >= 0.6 is 0 Å². The van der Waals surface area contributed by atoms with Crippen molar-refractivity contribution in [2.75, 3.05) is 44.7 Å². The van der Waals surface area contributed by atoms with Gasteiger partial charge in [0.05, 0.1) is 19.8 Å². The molecule has 2 amide bonds. The lowest BCUT2D eigenvalue weighted by Gasteiger charge is -2.25. The monoisotopic (exact) mass is 645 g/mol. The number of carbonyl (C=O) groups excluding carboxylic acids is 2. The molecule has 5 aromatic rings. The average Bonchev–Trinajstić information content (AvgIpc) is 3.60. The molecule has 11 heteroatoms. The molecule has 1 aromatic heterocycles. The maximum atomic E-state index is 13.3. The molecule has 0 spiro atoms. The number of aryl methyl sites for hydroxylation is 1. The van der Waals surface area contributed by atoms with E-state index in [1.807, 2.05) is 41.3 Å². The predicted molar refractivity (Wildman–Crippen MR) is 180 cm³/mol. The van der Waals surface area contributed by atoms with E-state index in [-0.39, 0.29) is 19.0 Å². The largest absolute Gasteiger partial charge is 0.480 e. The zero-order chi connectivity index (χ0) is 33.5. The normalized spacial score (nSPS) is 13.2. The molecule has 1 saturated heterocycles. The van der Waals surface area contributed by atoms with Crippen LogP contribution < -0.4 is 5.32 Å². The molecular weight excluding hydrogens is 610 g/mol. The number of nitrogens with zero attached hydrogens (tertiary/aromatic N) is 4. The van der Waals surface area contributed by atoms with Crippen LogP contribution in [0.25, 0.3) is 34.0 Å². The second-order valence-electron chi connectivity index (χ2n) is 11.6. The summed E-state index contributed by atoms with van der Waals surface area (Å²) in [4.78, 5) is 45.3. The number of rotatable bonds is 11. The Balaban J connectivity index is 1.08. The van der Waals surface area contributed by atoms with E-state index in [9.17, 15) is 19.5 Å². The second kappa shape index (κ2) is 14.8. The first kappa shape index (κ1) is 32.3. The highest BCUT2D eigenvalue weighted by atomic mass is 16.5. The zero-order valence-electron chi connectivity index (χ0n) is 26.5. The quantitative estimate of drug-likeness (QED) is 0.194. The van der Waals surface area contributed by atoms with E-state index in [2.05, 4.69) is 46.6 Å². The van der Waals surface area contributed by atoms with Gasteiger partial charge in [-0.25, -0.2) is 0 Å². The van der Waals surface area contributed by atoms with Crippen LogP contribution in [-0.2, 0) is 20.9 Å². The van der Waals surface area contributed by atoms with Crippen LogP contribution in [0.1, 0.15) is 21.5 Å². The number of aromatic nitrogens is 2. The Morgan fingerprint density at radius 3 is 2.06 bits per heavy atom. The fourth-order valence-electron chi connectivity index (χ4n) is 5.39. The summed E-state index contributed by atoms with van der Waals surface area (Å²) in [5, 5.41) is 16.5. The third kappa shape index (κ3) is 8.19. The van der Waals surface area contributed by atoms with Crippen LogP contribution in [-0.4, -0.2) is 82.2 Å². The molecule has 2 heterocycles. The number of hydrogen-bond acceptors (Lipinski definition) is 8. The summed E-state index contributed by atoms with van der Waals surface area (Å²) in [6.07, 6.45) is 0. The lowest BCUT2D eigenvalue weighted by atomic mass is 10.0. The lowest BCUT2D eigenvalue weighted by molar-refractivity contribution is -0.137. The van der Waals surface area contributed by atoms with E-state index in [0.717, 1.165) is 22.3 Å². The number of ether oxygens (including phenoxy) is 1. The summed E-state index contributed by atoms with van der Waals surface area (Å²) in [6.45, 7) is 4.52. The minimum Gasteiger partial charge on any atom is -0.480 e. The SMILES string of the molecule is Cc1ccc(-c2ccc(-c3nc(-c4ccc(CN(CC(=O)O)C(=O)c5ccc(NC(=O)CN6CCOCC6)cc5)cc4)no3)cc2)cc1. The Labute approximate surface area is 277 Å². The van der Waals surface area contributed by atoms with Gasteiger partial charge in [-0.05, 0) is 60.0 Å². The van der Waals surface area contributed by atoms with Gasteiger partial charge in [0, 0.05) is 42.0 Å². The molecule has 0 saturated carbocycles. The Bertz CT molecular complexity index is 1860. The Hall–Kier alpha value is -5.65. The highest BCUT2D eigenvalue weighted by Gasteiger charge is 2.20. The van der Waals surface area contributed by atoms with Crippen molar-refractivity contribution in [3.63, 3.8) is 0 Å². The van der Waals surface area contributed by atoms with Crippen molar-refractivity contribution in [3.05, 3.63) is 114 Å². The van der Waals surface area contributed by atoms with Gasteiger partial charge >= 0.3 is 5.97 Å². The van der Waals surface area contributed by atoms with Crippen LogP contribution in [0.15, 0.2) is 102 Å². The first-order valence-corrected chi connectivity index (χ1v) is 15.6. The zero-order valence-corrected chi connectivity index (χ0v) is 26.5. The number of nitrogens with one attached hydrogen (secondary N) is 1. The molecule has 2 N–H and O–H groups in total. The van der Waals surface area contributed by atoms with Crippen molar-refractivity contribution < 1.29 is 28.8 Å². The molecule has 0 aliphatic carbocycles. The summed E-state index contributed by atoms with van der Waals surface area (Å²) in [5.74, 6) is -0.918. The van der Waals surface area contributed by atoms with E-state index >= 15 is 0 Å². The fraction of sp³-hybridized carbons (Fsp3) is 0.216. The van der Waals surface area contributed by atoms with E-state index < -0.39 is 18.4 Å². The predicted octanol–water partition coefficient (Wildman–Crippen LogP) is 5.38. The smallest absolute Gasteiger partial charge is 0.323 e. The molecule has 4 aromatic carbocycles. The fourth-order valence-corrected chi connectivity index (χ4v) is 5.39. The second-order valence-corrected chi connectivity index (χ2v) is 11.6. The van der Waals surface area contributed by atoms with Gasteiger partial charge in [0.15, 0.2) is 0 Å². The molecule has 1 aliphatic rings. The highest BCUT2D eigenvalue weighted by molar-refractivity contribution is 5.97. The van der Waals surface area contributed by atoms with Gasteiger partial charge in [-0.2, -0.15) is 4.98 Å². The number of carboxylic acid groups (broad SMARTS) is 1. The number of amides is 2. The van der Waals surface area contributed by atoms with Crippen LogP contribution in [0.3, 0.4) is 0 Å². The molecule has 0 unspecified atom stereocenters. The first-order valence-electron chi connectivity index (χ1n) is 15.6. The summed E-state index contributed by atoms with van der Waals surface area (Å²) in [6, 6.07) is 29.9. The number of anilines is 1. The maximum Gasteiger partial charge on any atom is 0.323 e. The Morgan fingerprint density at radius 2 is 1.42 bits per heavy atom. The Kier molecular flexibility index (Phi) is 9.99. The van der Waals surface area contributed by atoms with Gasteiger partial charge in [0.2, 0.25) is 11.7 Å². The van der Waals surface area contributed by atoms with Gasteiger partial charge in [-0.15, -0.1) is 0 Å². The summed E-state index contributed by atoms with van der Waals surface area (Å²) in [7, 11) is 0. The molecule has 6 rings (SSSR count). The van der Waals surface area contributed by atoms with E-state index in [1.54, 1.807) is 36.4 Å². The van der Waals surface area contributed by atoms with Gasteiger partial charge in [0.25, 0.3) is 11.8 Å². The molecule has 0 radical (unpaired) electrons. The highest BCUT2D eigenvalue weighted by Crippen LogP contribution is 2.26. The van der Waals surface area contributed by atoms with Crippen molar-refractivity contribution in [2.24, 2.45) is 0 Å². The molecule has 0 atom stereocenters. The minimum atomic E-state index is -1.13. The molecule has 244 valence electrons. The van der Waals surface area contributed by atoms with Crippen LogP contribution in [0.5, 0.6) is 0 Å². The number of carboxylic acids is 1. The topological polar surface area (TPSA) is 138 Å². The molecular formula is C37H35N5O6. The van der Waals surface area contributed by atoms with Crippen molar-refractivity contribution in [1.29, 1.82) is 0 Å². The van der Waals surface area contributed by atoms with E-state index in [1.165, 1.54) is 10.5 Å². The molecule has 48 heavy (non-hydrogen) atoms. The molecule has 0 bridgehead atoms. The third-order valence-electron chi connectivity index (χ3n) is 8.03. The molecule has 1 aliphatic heterocycles.